The molecule has 4 rings (SSSR count). The van der Waals surface area contributed by atoms with Crippen molar-refractivity contribution >= 4 is 33.8 Å². The molecule has 4 aromatic rings. The van der Waals surface area contributed by atoms with Crippen molar-refractivity contribution in [2.24, 2.45) is 0 Å². The zero-order valence-electron chi connectivity index (χ0n) is 16.6. The number of ether oxygens (including phenoxy) is 1. The minimum Gasteiger partial charge on any atom is -0.456 e. The second-order valence-corrected chi connectivity index (χ2v) is 7.81. The van der Waals surface area contributed by atoms with Crippen LogP contribution in [0.3, 0.4) is 0 Å². The Morgan fingerprint density at radius 3 is 2.33 bits per heavy atom. The molecular formula is C21H19N5O4. The molecule has 9 heteroatoms. The molecule has 2 aromatic carbocycles. The maximum absolute atomic E-state index is 12.9. The molecule has 2 heterocycles. The zero-order chi connectivity index (χ0) is 21.6. The maximum atomic E-state index is 12.9. The summed E-state index contributed by atoms with van der Waals surface area (Å²) < 4.78 is 6.95. The predicted octanol–water partition coefficient (Wildman–Crippen LogP) is 4.00. The van der Waals surface area contributed by atoms with Gasteiger partial charge in [-0.25, -0.2) is 4.79 Å². The largest absolute Gasteiger partial charge is 0.456 e. The average molecular weight is 405 g/mol. The third-order valence-electron chi connectivity index (χ3n) is 4.56. The first-order valence-corrected chi connectivity index (χ1v) is 9.21. The van der Waals surface area contributed by atoms with Crippen LogP contribution in [0.4, 0.5) is 11.5 Å². The normalized spacial score (nSPS) is 11.7. The van der Waals surface area contributed by atoms with E-state index in [1.54, 1.807) is 39.0 Å². The van der Waals surface area contributed by atoms with E-state index in [9.17, 15) is 14.9 Å². The predicted molar refractivity (Wildman–Crippen MR) is 112 cm³/mol. The van der Waals surface area contributed by atoms with Crippen molar-refractivity contribution in [2.45, 2.75) is 26.4 Å². The van der Waals surface area contributed by atoms with E-state index in [1.807, 2.05) is 18.2 Å². The summed E-state index contributed by atoms with van der Waals surface area (Å²) in [5, 5.41) is 20.6. The van der Waals surface area contributed by atoms with Crippen LogP contribution < -0.4 is 5.73 Å². The molecule has 0 aliphatic rings. The van der Waals surface area contributed by atoms with E-state index in [0.717, 1.165) is 0 Å². The number of non-ortho nitro benzene ring substituents is 1. The number of nitrogens with zero attached hydrogens (tertiary/aromatic N) is 4. The van der Waals surface area contributed by atoms with Gasteiger partial charge in [-0.2, -0.15) is 4.52 Å². The van der Waals surface area contributed by atoms with E-state index in [0.29, 0.717) is 27.5 Å². The van der Waals surface area contributed by atoms with Gasteiger partial charge in [-0.05, 0) is 32.9 Å². The van der Waals surface area contributed by atoms with Crippen molar-refractivity contribution < 1.29 is 14.5 Å². The Morgan fingerprint density at radius 1 is 1.10 bits per heavy atom. The molecule has 2 N–H and O–H groups in total. The summed E-state index contributed by atoms with van der Waals surface area (Å²) in [5.41, 5.74) is 7.58. The van der Waals surface area contributed by atoms with Crippen LogP contribution in [0.5, 0.6) is 0 Å². The van der Waals surface area contributed by atoms with Gasteiger partial charge in [0.2, 0.25) is 0 Å². The molecule has 0 radical (unpaired) electrons. The van der Waals surface area contributed by atoms with Gasteiger partial charge in [0.1, 0.15) is 28.2 Å². The lowest BCUT2D eigenvalue weighted by molar-refractivity contribution is -0.384. The Kier molecular flexibility index (Phi) is 4.38. The van der Waals surface area contributed by atoms with Crippen LogP contribution in [0.1, 0.15) is 31.1 Å². The van der Waals surface area contributed by atoms with Gasteiger partial charge >= 0.3 is 5.97 Å². The van der Waals surface area contributed by atoms with Gasteiger partial charge in [-0.1, -0.05) is 29.5 Å². The highest BCUT2D eigenvalue weighted by molar-refractivity contribution is 6.14. The highest BCUT2D eigenvalue weighted by Crippen LogP contribution is 2.35. The smallest absolute Gasteiger partial charge is 0.343 e. The number of aromatic nitrogens is 3. The van der Waals surface area contributed by atoms with Gasteiger partial charge in [0.15, 0.2) is 0 Å². The first kappa shape index (κ1) is 19.3. The maximum Gasteiger partial charge on any atom is 0.343 e. The molecular weight excluding hydrogens is 386 g/mol. The lowest BCUT2D eigenvalue weighted by Crippen LogP contribution is -2.25. The van der Waals surface area contributed by atoms with E-state index in [2.05, 4.69) is 10.3 Å². The van der Waals surface area contributed by atoms with E-state index in [4.69, 9.17) is 10.5 Å². The van der Waals surface area contributed by atoms with Gasteiger partial charge in [-0.15, -0.1) is 5.10 Å². The van der Waals surface area contributed by atoms with Gasteiger partial charge in [0.05, 0.1) is 4.92 Å². The number of anilines is 1. The topological polar surface area (TPSA) is 126 Å². The number of rotatable bonds is 3. The summed E-state index contributed by atoms with van der Waals surface area (Å²) in [4.78, 5) is 23.4. The Labute approximate surface area is 171 Å². The highest BCUT2D eigenvalue weighted by atomic mass is 16.6. The number of nitrogen functional groups attached to an aromatic ring is 1. The summed E-state index contributed by atoms with van der Waals surface area (Å²) >= 11 is 0. The molecule has 0 bridgehead atoms. The summed E-state index contributed by atoms with van der Waals surface area (Å²) in [6.07, 6.45) is 0. The third-order valence-corrected chi connectivity index (χ3v) is 4.56. The van der Waals surface area contributed by atoms with Crippen molar-refractivity contribution in [3.05, 3.63) is 64.2 Å². The standard InChI is InChI=1S/C21H19N5O4/c1-21(2,3)30-20(27)16-14-6-4-5-7-15(14)18-17(23-24-25(18)19(16)22)12-8-10-13(11-9-12)26(28)29/h4-11H,22H2,1-3H3. The number of hydrogen-bond acceptors (Lipinski definition) is 7. The van der Waals surface area contributed by atoms with E-state index >= 15 is 0 Å². The number of nitro groups is 1. The Morgan fingerprint density at radius 2 is 1.73 bits per heavy atom. The number of nitro benzene ring substituents is 1. The van der Waals surface area contributed by atoms with E-state index < -0.39 is 16.5 Å². The number of carbonyl (C=O) groups is 1. The molecule has 0 unspecified atom stereocenters. The minimum atomic E-state index is -0.689. The Balaban J connectivity index is 1.98. The fourth-order valence-corrected chi connectivity index (χ4v) is 3.32. The van der Waals surface area contributed by atoms with Gasteiger partial charge in [0, 0.05) is 28.5 Å². The van der Waals surface area contributed by atoms with Crippen LogP contribution in [0.25, 0.3) is 27.5 Å². The number of pyridine rings is 1. The molecule has 0 atom stereocenters. The summed E-state index contributed by atoms with van der Waals surface area (Å²) in [6.45, 7) is 5.35. The number of benzene rings is 2. The molecule has 0 saturated heterocycles. The van der Waals surface area contributed by atoms with Crippen LogP contribution in [-0.4, -0.2) is 31.3 Å². The van der Waals surface area contributed by atoms with Crippen LogP contribution in [0.15, 0.2) is 48.5 Å². The fraction of sp³-hybridized carbons (Fsp3) is 0.190. The lowest BCUT2D eigenvalue weighted by Gasteiger charge is -2.21. The second-order valence-electron chi connectivity index (χ2n) is 7.81. The summed E-state index contributed by atoms with van der Waals surface area (Å²) in [7, 11) is 0. The summed E-state index contributed by atoms with van der Waals surface area (Å²) in [6, 6.07) is 13.3. The molecule has 2 aromatic heterocycles. The van der Waals surface area contributed by atoms with Crippen molar-refractivity contribution in [1.29, 1.82) is 0 Å². The number of fused-ring (bicyclic) bond motifs is 3. The molecule has 0 amide bonds. The Bertz CT molecular complexity index is 1300. The second kappa shape index (κ2) is 6.80. The molecule has 9 nitrogen and oxygen atoms in total. The minimum absolute atomic E-state index is 0.0215. The summed E-state index contributed by atoms with van der Waals surface area (Å²) in [5.74, 6) is -0.441. The fourth-order valence-electron chi connectivity index (χ4n) is 3.32. The van der Waals surface area contributed by atoms with Crippen LogP contribution >= 0.6 is 0 Å². The number of esters is 1. The van der Waals surface area contributed by atoms with E-state index in [-0.39, 0.29) is 17.1 Å². The molecule has 30 heavy (non-hydrogen) atoms. The van der Waals surface area contributed by atoms with Crippen LogP contribution in [0, 0.1) is 10.1 Å². The molecule has 0 aliphatic heterocycles. The third kappa shape index (κ3) is 3.20. The number of carbonyl (C=O) groups excluding carboxylic acids is 1. The van der Waals surface area contributed by atoms with E-state index in [1.165, 1.54) is 16.6 Å². The van der Waals surface area contributed by atoms with Crippen molar-refractivity contribution in [3.63, 3.8) is 0 Å². The monoisotopic (exact) mass is 405 g/mol. The quantitative estimate of drug-likeness (QED) is 0.310. The highest BCUT2D eigenvalue weighted by Gasteiger charge is 2.26. The van der Waals surface area contributed by atoms with Crippen LogP contribution in [-0.2, 0) is 4.74 Å². The molecule has 0 spiro atoms. The lowest BCUT2D eigenvalue weighted by atomic mass is 10.0. The van der Waals surface area contributed by atoms with Crippen molar-refractivity contribution in [2.75, 3.05) is 5.73 Å². The SMILES string of the molecule is CC(C)(C)OC(=O)c1c(N)n2nnc(-c3ccc([N+](=O)[O-])cc3)c2c2ccccc12. The number of nitrogens with two attached hydrogens (primary N) is 1. The first-order chi connectivity index (χ1) is 14.2. The van der Waals surface area contributed by atoms with Gasteiger partial charge in [0.25, 0.3) is 5.69 Å². The van der Waals surface area contributed by atoms with Crippen LogP contribution in [0.2, 0.25) is 0 Å². The molecule has 0 fully saturated rings. The molecule has 152 valence electrons. The van der Waals surface area contributed by atoms with Gasteiger partial charge in [-0.3, -0.25) is 10.1 Å². The van der Waals surface area contributed by atoms with Crippen molar-refractivity contribution in [1.82, 2.24) is 14.8 Å². The molecule has 0 aliphatic carbocycles. The van der Waals surface area contributed by atoms with Crippen molar-refractivity contribution in [3.8, 4) is 11.3 Å². The Hall–Kier alpha value is -4.01. The first-order valence-electron chi connectivity index (χ1n) is 9.21. The van der Waals surface area contributed by atoms with Gasteiger partial charge < -0.3 is 10.5 Å². The average Bonchev–Trinajstić information content (AvgIpc) is 3.12. The number of hydrogen-bond donors (Lipinski definition) is 1. The zero-order valence-corrected chi connectivity index (χ0v) is 16.6. The molecule has 0 saturated carbocycles.